The molecule has 0 bridgehead atoms. The van der Waals surface area contributed by atoms with E-state index in [9.17, 15) is 4.79 Å². The third kappa shape index (κ3) is 1.21. The summed E-state index contributed by atoms with van der Waals surface area (Å²) in [6.45, 7) is 0. The molecule has 0 aliphatic heterocycles. The lowest BCUT2D eigenvalue weighted by Gasteiger charge is -1.99. The van der Waals surface area contributed by atoms with Crippen molar-refractivity contribution in [3.63, 3.8) is 0 Å². The van der Waals surface area contributed by atoms with Crippen LogP contribution in [-0.4, -0.2) is 15.9 Å². The average molecular weight is 239 g/mol. The van der Waals surface area contributed by atoms with E-state index in [4.69, 9.17) is 5.73 Å². The normalized spacial score (nSPS) is 10.5. The van der Waals surface area contributed by atoms with Gasteiger partial charge >= 0.3 is 0 Å². The molecule has 2 aromatic rings. The number of nitrogens with two attached hydrogens (primary N) is 1. The van der Waals surface area contributed by atoms with Gasteiger partial charge in [0, 0.05) is 28.3 Å². The van der Waals surface area contributed by atoms with Gasteiger partial charge in [0.05, 0.1) is 5.56 Å². The van der Waals surface area contributed by atoms with Crippen molar-refractivity contribution in [2.45, 2.75) is 0 Å². The second-order valence-electron chi connectivity index (χ2n) is 2.50. The molecular formula is C8H5BrN3O. The summed E-state index contributed by atoms with van der Waals surface area (Å²) in [6.07, 6.45) is 3.13. The Kier molecular flexibility index (Phi) is 1.81. The Morgan fingerprint density at radius 2 is 2.46 bits per heavy atom. The molecule has 2 heterocycles. The Bertz CT molecular complexity index is 477. The highest BCUT2D eigenvalue weighted by Gasteiger charge is 2.12. The van der Waals surface area contributed by atoms with E-state index in [1.165, 1.54) is 6.20 Å². The number of aromatic nitrogens is 2. The minimum atomic E-state index is -0.491. The van der Waals surface area contributed by atoms with E-state index >= 15 is 0 Å². The van der Waals surface area contributed by atoms with Crippen LogP contribution in [0.5, 0.6) is 0 Å². The number of carbonyl (C=O) groups is 1. The Morgan fingerprint density at radius 1 is 1.69 bits per heavy atom. The first-order chi connectivity index (χ1) is 6.20. The summed E-state index contributed by atoms with van der Waals surface area (Å²) in [7, 11) is 0. The molecule has 0 aliphatic rings. The number of fused-ring (bicyclic) bond motifs is 1. The monoisotopic (exact) mass is 238 g/mol. The molecule has 1 amide bonds. The Hall–Kier alpha value is -1.36. The smallest absolute Gasteiger partial charge is 0.250 e. The summed E-state index contributed by atoms with van der Waals surface area (Å²) in [6, 6.07) is 2.86. The van der Waals surface area contributed by atoms with Crippen LogP contribution in [0.15, 0.2) is 16.9 Å². The van der Waals surface area contributed by atoms with Gasteiger partial charge in [-0.1, -0.05) is 0 Å². The highest BCUT2D eigenvalue weighted by Crippen LogP contribution is 2.22. The molecule has 2 aromatic heterocycles. The van der Waals surface area contributed by atoms with E-state index in [2.05, 4.69) is 32.0 Å². The van der Waals surface area contributed by atoms with E-state index < -0.39 is 5.91 Å². The van der Waals surface area contributed by atoms with Gasteiger partial charge in [0.2, 0.25) is 0 Å². The summed E-state index contributed by atoms with van der Waals surface area (Å²) in [5, 5.41) is 0.613. The summed E-state index contributed by atoms with van der Waals surface area (Å²) >= 11 is 3.21. The van der Waals surface area contributed by atoms with Crippen molar-refractivity contribution in [2.75, 3.05) is 0 Å². The highest BCUT2D eigenvalue weighted by molar-refractivity contribution is 9.10. The van der Waals surface area contributed by atoms with Crippen LogP contribution in [-0.2, 0) is 0 Å². The fourth-order valence-corrected chi connectivity index (χ4v) is 1.65. The van der Waals surface area contributed by atoms with Crippen LogP contribution in [0.3, 0.4) is 0 Å². The van der Waals surface area contributed by atoms with Crippen LogP contribution in [0.25, 0.3) is 11.0 Å². The second-order valence-corrected chi connectivity index (χ2v) is 3.36. The number of primary amides is 1. The number of nitrogens with zero attached hydrogens (tertiary/aromatic N) is 1. The number of hydrogen-bond donors (Lipinski definition) is 2. The molecule has 0 unspecified atom stereocenters. The van der Waals surface area contributed by atoms with Gasteiger partial charge in [-0.2, -0.15) is 0 Å². The van der Waals surface area contributed by atoms with Gasteiger partial charge in [-0.3, -0.25) is 4.79 Å². The zero-order valence-corrected chi connectivity index (χ0v) is 8.05. The standard InChI is InChI=1S/C8H5BrN3O/c9-5-3-12-8-4(1-2-11-8)6(5)7(10)13/h2-3H,(H2,10,13)(H,11,12). The van der Waals surface area contributed by atoms with Crippen molar-refractivity contribution < 1.29 is 4.79 Å². The van der Waals surface area contributed by atoms with Crippen LogP contribution in [0, 0.1) is 6.07 Å². The molecule has 0 spiro atoms. The molecule has 0 saturated heterocycles. The Morgan fingerprint density at radius 3 is 3.15 bits per heavy atom. The van der Waals surface area contributed by atoms with Gasteiger partial charge in [-0.05, 0) is 15.9 Å². The number of rotatable bonds is 1. The number of hydrogen-bond acceptors (Lipinski definition) is 2. The lowest BCUT2D eigenvalue weighted by Crippen LogP contribution is -2.12. The summed E-state index contributed by atoms with van der Waals surface area (Å²) < 4.78 is 0.586. The molecule has 0 aromatic carbocycles. The van der Waals surface area contributed by atoms with Crippen molar-refractivity contribution in [1.82, 2.24) is 9.97 Å². The van der Waals surface area contributed by atoms with Gasteiger partial charge in [0.15, 0.2) is 0 Å². The molecule has 65 valence electrons. The summed E-state index contributed by atoms with van der Waals surface area (Å²) in [5.41, 5.74) is 6.23. The topological polar surface area (TPSA) is 71.8 Å². The maximum atomic E-state index is 11.1. The molecule has 0 fully saturated rings. The molecule has 2 rings (SSSR count). The second kappa shape index (κ2) is 2.85. The highest BCUT2D eigenvalue weighted by atomic mass is 79.9. The van der Waals surface area contributed by atoms with Gasteiger partial charge < -0.3 is 10.7 Å². The van der Waals surface area contributed by atoms with E-state index in [1.54, 1.807) is 6.20 Å². The lowest BCUT2D eigenvalue weighted by atomic mass is 10.2. The molecule has 4 nitrogen and oxygen atoms in total. The van der Waals surface area contributed by atoms with Crippen LogP contribution >= 0.6 is 15.9 Å². The predicted molar refractivity (Wildman–Crippen MR) is 51.1 cm³/mol. The maximum Gasteiger partial charge on any atom is 0.250 e. The van der Waals surface area contributed by atoms with Gasteiger partial charge in [0.25, 0.3) is 5.91 Å². The molecule has 3 N–H and O–H groups in total. The summed E-state index contributed by atoms with van der Waals surface area (Å²) in [5.74, 6) is -0.491. The molecule has 0 saturated carbocycles. The van der Waals surface area contributed by atoms with Gasteiger partial charge in [0.1, 0.15) is 5.65 Å². The van der Waals surface area contributed by atoms with Crippen molar-refractivity contribution in [2.24, 2.45) is 5.73 Å². The van der Waals surface area contributed by atoms with Crippen molar-refractivity contribution >= 4 is 32.9 Å². The van der Waals surface area contributed by atoms with Crippen molar-refractivity contribution in [3.05, 3.63) is 28.5 Å². The van der Waals surface area contributed by atoms with Crippen LogP contribution < -0.4 is 5.73 Å². The summed E-state index contributed by atoms with van der Waals surface area (Å²) in [4.78, 5) is 18.0. The first-order valence-electron chi connectivity index (χ1n) is 3.53. The first-order valence-corrected chi connectivity index (χ1v) is 4.32. The van der Waals surface area contributed by atoms with Gasteiger partial charge in [-0.25, -0.2) is 4.98 Å². The lowest BCUT2D eigenvalue weighted by molar-refractivity contribution is 0.100. The van der Waals surface area contributed by atoms with Crippen molar-refractivity contribution in [3.8, 4) is 0 Å². The molecule has 1 radical (unpaired) electrons. The number of nitrogens with one attached hydrogen (secondary N) is 1. The number of carbonyl (C=O) groups excluding carboxylic acids is 1. The predicted octanol–water partition coefficient (Wildman–Crippen LogP) is 1.22. The maximum absolute atomic E-state index is 11.1. The van der Waals surface area contributed by atoms with Gasteiger partial charge in [-0.15, -0.1) is 0 Å². The third-order valence-corrected chi connectivity index (χ3v) is 2.31. The van der Waals surface area contributed by atoms with Crippen LogP contribution in [0.4, 0.5) is 0 Å². The van der Waals surface area contributed by atoms with Crippen molar-refractivity contribution in [1.29, 1.82) is 0 Å². The van der Waals surface area contributed by atoms with Crippen LogP contribution in [0.1, 0.15) is 10.4 Å². The minimum absolute atomic E-state index is 0.409. The number of aromatic amines is 1. The third-order valence-electron chi connectivity index (χ3n) is 1.70. The molecule has 0 atom stereocenters. The molecule has 13 heavy (non-hydrogen) atoms. The fourth-order valence-electron chi connectivity index (χ4n) is 1.16. The molecular weight excluding hydrogens is 234 g/mol. The number of H-pyrrole nitrogens is 1. The number of amides is 1. The number of halogens is 1. The Balaban J connectivity index is 2.88. The van der Waals surface area contributed by atoms with E-state index in [-0.39, 0.29) is 0 Å². The number of pyridine rings is 1. The zero-order chi connectivity index (χ0) is 9.42. The fraction of sp³-hybridized carbons (Fsp3) is 0. The van der Waals surface area contributed by atoms with E-state index in [0.29, 0.717) is 21.1 Å². The Labute approximate surface area is 82.3 Å². The van der Waals surface area contributed by atoms with E-state index in [1.807, 2.05) is 0 Å². The molecule has 0 aliphatic carbocycles. The van der Waals surface area contributed by atoms with E-state index in [0.717, 1.165) is 0 Å². The van der Waals surface area contributed by atoms with Crippen LogP contribution in [0.2, 0.25) is 0 Å². The zero-order valence-electron chi connectivity index (χ0n) is 6.47. The molecule has 5 heteroatoms. The quantitative estimate of drug-likeness (QED) is 0.785. The largest absolute Gasteiger partial charge is 0.366 e. The SMILES string of the molecule is NC(=O)c1c(Br)cnc2[nH]c[c]c12. The minimum Gasteiger partial charge on any atom is -0.366 e. The first kappa shape index (κ1) is 8.25. The average Bonchev–Trinajstić information content (AvgIpc) is 2.50.